The highest BCUT2D eigenvalue weighted by atomic mass is 32.2. The topological polar surface area (TPSA) is 0 Å². The van der Waals surface area contributed by atoms with Crippen LogP contribution in [0.5, 0.6) is 0 Å². The third kappa shape index (κ3) is 3.61. The van der Waals surface area contributed by atoms with E-state index in [0.29, 0.717) is 11.8 Å². The van der Waals surface area contributed by atoms with Crippen molar-refractivity contribution in [2.45, 2.75) is 35.2 Å². The van der Waals surface area contributed by atoms with Crippen LogP contribution >= 0.6 is 11.8 Å². The van der Waals surface area contributed by atoms with Crippen LogP contribution in [0.15, 0.2) is 109 Å². The van der Waals surface area contributed by atoms with E-state index in [1.807, 2.05) is 0 Å². The van der Waals surface area contributed by atoms with Crippen molar-refractivity contribution in [1.29, 1.82) is 0 Å². The highest BCUT2D eigenvalue weighted by Gasteiger charge is 2.43. The molecule has 136 valence electrons. The van der Waals surface area contributed by atoms with Gasteiger partial charge in [-0.05, 0) is 25.0 Å². The first-order valence-electron chi connectivity index (χ1n) is 9.63. The van der Waals surface area contributed by atoms with Crippen molar-refractivity contribution in [2.75, 3.05) is 0 Å². The summed E-state index contributed by atoms with van der Waals surface area (Å²) in [5.74, 6) is 0.725. The molecule has 2 aromatic rings. The normalized spacial score (nSPS) is 31.9. The maximum absolute atomic E-state index is 2.38. The fourth-order valence-corrected chi connectivity index (χ4v) is 6.23. The lowest BCUT2D eigenvalue weighted by Gasteiger charge is -2.45. The molecule has 2 aromatic carbocycles. The molecule has 0 spiro atoms. The summed E-state index contributed by atoms with van der Waals surface area (Å²) in [5.41, 5.74) is 2.76. The maximum Gasteiger partial charge on any atom is 0.0425 e. The predicted molar refractivity (Wildman–Crippen MR) is 119 cm³/mol. The van der Waals surface area contributed by atoms with Gasteiger partial charge in [0.15, 0.2) is 0 Å². The Balaban J connectivity index is 1.69. The van der Waals surface area contributed by atoms with Crippen molar-refractivity contribution in [2.24, 2.45) is 0 Å². The first-order chi connectivity index (χ1) is 13.1. The molecule has 0 nitrogen and oxygen atoms in total. The molecular weight excluding hydrogens is 344 g/mol. The van der Waals surface area contributed by atoms with Crippen LogP contribution in [0.25, 0.3) is 0 Å². The van der Waals surface area contributed by atoms with E-state index in [2.05, 4.69) is 135 Å². The zero-order valence-corrected chi connectivity index (χ0v) is 16.8. The second-order valence-corrected chi connectivity index (χ2v) is 9.70. The Morgan fingerprint density at radius 3 is 1.41 bits per heavy atom. The fraction of sp³-hybridized carbons (Fsp3) is 0.231. The Labute approximate surface area is 167 Å². The summed E-state index contributed by atoms with van der Waals surface area (Å²) in [5, 5.41) is 0. The van der Waals surface area contributed by atoms with E-state index in [9.17, 15) is 0 Å². The van der Waals surface area contributed by atoms with Crippen molar-refractivity contribution < 1.29 is 0 Å². The summed E-state index contributed by atoms with van der Waals surface area (Å²) in [6.45, 7) is 4.77. The molecule has 0 aliphatic heterocycles. The molecular formula is C26H26S. The fourth-order valence-electron chi connectivity index (χ4n) is 4.31. The Hall–Kier alpha value is -2.25. The molecule has 0 fully saturated rings. The minimum Gasteiger partial charge on any atom is -0.139 e. The minimum absolute atomic E-state index is 0.00654. The molecule has 0 amide bonds. The van der Waals surface area contributed by atoms with Gasteiger partial charge in [0.2, 0.25) is 0 Å². The van der Waals surface area contributed by atoms with Gasteiger partial charge in [0, 0.05) is 21.3 Å². The smallest absolute Gasteiger partial charge is 0.0425 e. The lowest BCUT2D eigenvalue weighted by atomic mass is 9.82. The minimum atomic E-state index is -0.00654. The Bertz CT molecular complexity index is 815. The zero-order chi connectivity index (χ0) is 18.7. The first-order valence-corrected chi connectivity index (χ1v) is 10.4. The SMILES string of the molecule is CC1(SC2(C)C=CC=CC2c2ccccc2)C=CC=CC1c1ccccc1. The van der Waals surface area contributed by atoms with Gasteiger partial charge < -0.3 is 0 Å². The van der Waals surface area contributed by atoms with Gasteiger partial charge in [0.1, 0.15) is 0 Å². The molecule has 0 saturated carbocycles. The molecule has 0 N–H and O–H groups in total. The summed E-state index contributed by atoms with van der Waals surface area (Å²) in [7, 11) is 0. The van der Waals surface area contributed by atoms with Crippen LogP contribution in [-0.4, -0.2) is 9.49 Å². The van der Waals surface area contributed by atoms with Crippen LogP contribution in [-0.2, 0) is 0 Å². The third-order valence-electron chi connectivity index (χ3n) is 5.68. The number of allylic oxidation sites excluding steroid dienone is 6. The Morgan fingerprint density at radius 2 is 1.00 bits per heavy atom. The summed E-state index contributed by atoms with van der Waals surface area (Å²) in [4.78, 5) is 0. The third-order valence-corrected chi connectivity index (χ3v) is 7.34. The highest BCUT2D eigenvalue weighted by molar-refractivity contribution is 8.02. The van der Waals surface area contributed by atoms with Gasteiger partial charge in [-0.2, -0.15) is 0 Å². The molecule has 2 aliphatic carbocycles. The van der Waals surface area contributed by atoms with Crippen molar-refractivity contribution in [3.63, 3.8) is 0 Å². The number of benzene rings is 2. The lowest BCUT2D eigenvalue weighted by Crippen LogP contribution is -2.37. The zero-order valence-electron chi connectivity index (χ0n) is 16.0. The molecule has 4 rings (SSSR count). The maximum atomic E-state index is 2.38. The Morgan fingerprint density at radius 1 is 0.593 bits per heavy atom. The largest absolute Gasteiger partial charge is 0.139 e. The van der Waals surface area contributed by atoms with E-state index in [1.54, 1.807) is 0 Å². The second-order valence-electron chi connectivity index (χ2n) is 7.73. The van der Waals surface area contributed by atoms with Gasteiger partial charge >= 0.3 is 0 Å². The van der Waals surface area contributed by atoms with Crippen molar-refractivity contribution >= 4 is 11.8 Å². The average molecular weight is 371 g/mol. The van der Waals surface area contributed by atoms with E-state index in [4.69, 9.17) is 0 Å². The lowest BCUT2D eigenvalue weighted by molar-refractivity contribution is 0.640. The quantitative estimate of drug-likeness (QED) is 0.555. The molecule has 27 heavy (non-hydrogen) atoms. The molecule has 2 aliphatic rings. The summed E-state index contributed by atoms with van der Waals surface area (Å²) >= 11 is 2.08. The number of thioether (sulfide) groups is 1. The first kappa shape index (κ1) is 18.1. The number of hydrogen-bond donors (Lipinski definition) is 0. The van der Waals surface area contributed by atoms with Gasteiger partial charge in [-0.3, -0.25) is 0 Å². The van der Waals surface area contributed by atoms with Gasteiger partial charge in [-0.15, -0.1) is 11.8 Å². The molecule has 4 atom stereocenters. The van der Waals surface area contributed by atoms with Crippen LogP contribution in [0.2, 0.25) is 0 Å². The van der Waals surface area contributed by atoms with Crippen LogP contribution < -0.4 is 0 Å². The molecule has 0 heterocycles. The highest BCUT2D eigenvalue weighted by Crippen LogP contribution is 2.54. The van der Waals surface area contributed by atoms with E-state index in [0.717, 1.165) is 0 Å². The van der Waals surface area contributed by atoms with Gasteiger partial charge in [0.05, 0.1) is 0 Å². The number of hydrogen-bond acceptors (Lipinski definition) is 1. The molecule has 1 heteroatoms. The van der Waals surface area contributed by atoms with Crippen molar-refractivity contribution in [1.82, 2.24) is 0 Å². The molecule has 0 saturated heterocycles. The van der Waals surface area contributed by atoms with Crippen LogP contribution in [0.3, 0.4) is 0 Å². The standard InChI is InChI=1S/C26H26S/c1-25(19-11-9-17-23(25)21-13-5-3-6-14-21)27-26(2)20-12-10-18-24(26)22-15-7-4-8-16-22/h3-20,23-24H,1-2H3. The molecule has 0 radical (unpaired) electrons. The van der Waals surface area contributed by atoms with Gasteiger partial charge in [0.25, 0.3) is 0 Å². The van der Waals surface area contributed by atoms with Gasteiger partial charge in [-0.1, -0.05) is 109 Å². The van der Waals surface area contributed by atoms with E-state index >= 15 is 0 Å². The van der Waals surface area contributed by atoms with Crippen molar-refractivity contribution in [3.8, 4) is 0 Å². The Kier molecular flexibility index (Phi) is 4.97. The van der Waals surface area contributed by atoms with E-state index in [1.165, 1.54) is 11.1 Å². The average Bonchev–Trinajstić information content (AvgIpc) is 2.69. The van der Waals surface area contributed by atoms with E-state index in [-0.39, 0.29) is 9.49 Å². The summed E-state index contributed by atoms with van der Waals surface area (Å²) in [6, 6.07) is 21.8. The van der Waals surface area contributed by atoms with E-state index < -0.39 is 0 Å². The molecule has 0 aromatic heterocycles. The molecule has 4 unspecified atom stereocenters. The second kappa shape index (κ2) is 7.40. The summed E-state index contributed by atoms with van der Waals surface area (Å²) in [6.07, 6.45) is 18.3. The van der Waals surface area contributed by atoms with Crippen LogP contribution in [0.1, 0.15) is 36.8 Å². The van der Waals surface area contributed by atoms with Crippen molar-refractivity contribution in [3.05, 3.63) is 120 Å². The predicted octanol–water partition coefficient (Wildman–Crippen LogP) is 7.06. The monoisotopic (exact) mass is 370 g/mol. The number of rotatable bonds is 4. The van der Waals surface area contributed by atoms with Crippen LogP contribution in [0.4, 0.5) is 0 Å². The molecule has 0 bridgehead atoms. The summed E-state index contributed by atoms with van der Waals surface area (Å²) < 4.78 is -0.0131. The van der Waals surface area contributed by atoms with Gasteiger partial charge in [-0.25, -0.2) is 0 Å². The van der Waals surface area contributed by atoms with Crippen LogP contribution in [0, 0.1) is 0 Å².